The molecule has 0 aliphatic heterocycles. The highest BCUT2D eigenvalue weighted by Gasteiger charge is 2.13. The van der Waals surface area contributed by atoms with Gasteiger partial charge in [-0.05, 0) is 36.4 Å². The highest BCUT2D eigenvalue weighted by molar-refractivity contribution is 7.16. The molecule has 1 aromatic carbocycles. The topological polar surface area (TPSA) is 12.0 Å². The number of hydrogen-bond acceptors (Lipinski definition) is 2. The van der Waals surface area contributed by atoms with Crippen molar-refractivity contribution >= 4 is 46.1 Å². The monoisotopic (exact) mass is 333 g/mol. The molecule has 1 heterocycles. The number of halogens is 3. The summed E-state index contributed by atoms with van der Waals surface area (Å²) in [5, 5.41) is 4.64. The van der Waals surface area contributed by atoms with Crippen LogP contribution in [-0.4, -0.2) is 6.54 Å². The van der Waals surface area contributed by atoms with E-state index in [0.717, 1.165) is 22.9 Å². The Labute approximate surface area is 132 Å². The lowest BCUT2D eigenvalue weighted by Crippen LogP contribution is -2.22. The molecule has 19 heavy (non-hydrogen) atoms. The number of likely N-dealkylation sites (N-methyl/N-ethyl adjacent to an activating group) is 1. The van der Waals surface area contributed by atoms with Crippen molar-refractivity contribution in [3.63, 3.8) is 0 Å². The second-order valence-electron chi connectivity index (χ2n) is 4.19. The Kier molecular flexibility index (Phi) is 5.55. The van der Waals surface area contributed by atoms with Crippen molar-refractivity contribution in [2.24, 2.45) is 0 Å². The van der Waals surface area contributed by atoms with E-state index in [0.29, 0.717) is 10.0 Å². The smallest absolute Gasteiger partial charge is 0.0931 e. The molecular formula is C14H14Cl3NS. The predicted molar refractivity (Wildman–Crippen MR) is 85.9 cm³/mol. The van der Waals surface area contributed by atoms with Gasteiger partial charge in [0.2, 0.25) is 0 Å². The van der Waals surface area contributed by atoms with Crippen molar-refractivity contribution in [2.75, 3.05) is 6.54 Å². The normalized spacial score (nSPS) is 12.6. The number of thiophene rings is 1. The van der Waals surface area contributed by atoms with Crippen LogP contribution in [0, 0.1) is 0 Å². The standard InChI is InChI=1S/C14H14Cl3NS/c1-2-18-13(8-10-4-6-14(17)19-10)9-3-5-11(15)12(16)7-9/h3-7,13,18H,2,8H2,1H3. The maximum absolute atomic E-state index is 6.09. The van der Waals surface area contributed by atoms with Gasteiger partial charge in [-0.15, -0.1) is 11.3 Å². The molecule has 5 heteroatoms. The summed E-state index contributed by atoms with van der Waals surface area (Å²) < 4.78 is 0.819. The van der Waals surface area contributed by atoms with Crippen LogP contribution in [0.4, 0.5) is 0 Å². The molecule has 0 saturated carbocycles. The van der Waals surface area contributed by atoms with Crippen LogP contribution in [0.2, 0.25) is 14.4 Å². The zero-order valence-corrected chi connectivity index (χ0v) is 13.5. The van der Waals surface area contributed by atoms with Crippen molar-refractivity contribution in [3.05, 3.63) is 55.2 Å². The summed E-state index contributed by atoms with van der Waals surface area (Å²) in [6.45, 7) is 2.98. The third-order valence-electron chi connectivity index (χ3n) is 2.83. The van der Waals surface area contributed by atoms with Gasteiger partial charge in [0.25, 0.3) is 0 Å². The average molecular weight is 335 g/mol. The van der Waals surface area contributed by atoms with Crippen molar-refractivity contribution in [1.29, 1.82) is 0 Å². The van der Waals surface area contributed by atoms with Gasteiger partial charge in [0.05, 0.1) is 14.4 Å². The molecule has 0 spiro atoms. The number of benzene rings is 1. The van der Waals surface area contributed by atoms with Crippen LogP contribution in [0.15, 0.2) is 30.3 Å². The van der Waals surface area contributed by atoms with Gasteiger partial charge in [0, 0.05) is 17.3 Å². The molecule has 2 rings (SSSR count). The van der Waals surface area contributed by atoms with Gasteiger partial charge >= 0.3 is 0 Å². The van der Waals surface area contributed by atoms with E-state index in [1.807, 2.05) is 24.3 Å². The molecular weight excluding hydrogens is 321 g/mol. The Hall–Kier alpha value is -0.250. The van der Waals surface area contributed by atoms with Crippen LogP contribution >= 0.6 is 46.1 Å². The molecule has 0 aliphatic rings. The first-order valence-electron chi connectivity index (χ1n) is 6.02. The largest absolute Gasteiger partial charge is 0.310 e. The number of hydrogen-bond donors (Lipinski definition) is 1. The molecule has 0 amide bonds. The molecule has 1 atom stereocenters. The van der Waals surface area contributed by atoms with Gasteiger partial charge in [0.15, 0.2) is 0 Å². The SMILES string of the molecule is CCNC(Cc1ccc(Cl)s1)c1ccc(Cl)c(Cl)c1. The van der Waals surface area contributed by atoms with E-state index in [2.05, 4.69) is 18.3 Å². The maximum Gasteiger partial charge on any atom is 0.0931 e. The lowest BCUT2D eigenvalue weighted by atomic mass is 10.0. The summed E-state index contributed by atoms with van der Waals surface area (Å²) in [5.41, 5.74) is 1.14. The molecule has 0 radical (unpaired) electrons. The Balaban J connectivity index is 2.21. The maximum atomic E-state index is 6.09. The van der Waals surface area contributed by atoms with Gasteiger partial charge < -0.3 is 5.32 Å². The fourth-order valence-electron chi connectivity index (χ4n) is 1.95. The minimum absolute atomic E-state index is 0.217. The Morgan fingerprint density at radius 1 is 1.11 bits per heavy atom. The Morgan fingerprint density at radius 3 is 2.47 bits per heavy atom. The molecule has 1 nitrogen and oxygen atoms in total. The molecule has 2 aromatic rings. The zero-order chi connectivity index (χ0) is 13.8. The third-order valence-corrected chi connectivity index (χ3v) is 4.82. The second-order valence-corrected chi connectivity index (χ2v) is 6.81. The first-order valence-corrected chi connectivity index (χ1v) is 7.97. The van der Waals surface area contributed by atoms with Crippen molar-refractivity contribution in [3.8, 4) is 0 Å². The molecule has 0 saturated heterocycles. The minimum atomic E-state index is 0.217. The molecule has 0 aliphatic carbocycles. The summed E-state index contributed by atoms with van der Waals surface area (Å²) in [5.74, 6) is 0. The highest BCUT2D eigenvalue weighted by atomic mass is 35.5. The molecule has 102 valence electrons. The lowest BCUT2D eigenvalue weighted by molar-refractivity contribution is 0.553. The van der Waals surface area contributed by atoms with Gasteiger partial charge in [-0.25, -0.2) is 0 Å². The van der Waals surface area contributed by atoms with Gasteiger partial charge in [-0.3, -0.25) is 0 Å². The van der Waals surface area contributed by atoms with E-state index in [1.165, 1.54) is 4.88 Å². The fourth-order valence-corrected chi connectivity index (χ4v) is 3.39. The van der Waals surface area contributed by atoms with E-state index >= 15 is 0 Å². The Bertz CT molecular complexity index is 553. The fraction of sp³-hybridized carbons (Fsp3) is 0.286. The van der Waals surface area contributed by atoms with E-state index in [9.17, 15) is 0 Å². The van der Waals surface area contributed by atoms with Crippen molar-refractivity contribution < 1.29 is 0 Å². The molecule has 0 bridgehead atoms. The van der Waals surface area contributed by atoms with Gasteiger partial charge in [-0.2, -0.15) is 0 Å². The molecule has 1 N–H and O–H groups in total. The summed E-state index contributed by atoms with van der Waals surface area (Å²) in [4.78, 5) is 1.25. The van der Waals surface area contributed by atoms with Gasteiger partial charge in [-0.1, -0.05) is 47.8 Å². The Morgan fingerprint density at radius 2 is 1.89 bits per heavy atom. The summed E-state index contributed by atoms with van der Waals surface area (Å²) in [7, 11) is 0. The first-order chi connectivity index (χ1) is 9.10. The van der Waals surface area contributed by atoms with Crippen LogP contribution in [0.5, 0.6) is 0 Å². The van der Waals surface area contributed by atoms with Crippen LogP contribution < -0.4 is 5.32 Å². The summed E-state index contributed by atoms with van der Waals surface area (Å²) >= 11 is 19.6. The minimum Gasteiger partial charge on any atom is -0.310 e. The van der Waals surface area contributed by atoms with Crippen molar-refractivity contribution in [1.82, 2.24) is 5.32 Å². The predicted octanol–water partition coefficient (Wildman–Crippen LogP) is 5.60. The second kappa shape index (κ2) is 6.96. The average Bonchev–Trinajstić information content (AvgIpc) is 2.78. The van der Waals surface area contributed by atoms with Crippen molar-refractivity contribution in [2.45, 2.75) is 19.4 Å². The molecule has 0 fully saturated rings. The van der Waals surface area contributed by atoms with Crippen LogP contribution in [0.25, 0.3) is 0 Å². The first kappa shape index (κ1) is 15.1. The van der Waals surface area contributed by atoms with Crippen LogP contribution in [0.3, 0.4) is 0 Å². The number of nitrogens with one attached hydrogen (secondary N) is 1. The molecule has 1 aromatic heterocycles. The summed E-state index contributed by atoms with van der Waals surface area (Å²) in [6.07, 6.45) is 0.892. The van der Waals surface area contributed by atoms with Gasteiger partial charge in [0.1, 0.15) is 0 Å². The van der Waals surface area contributed by atoms with E-state index in [4.69, 9.17) is 34.8 Å². The molecule has 1 unspecified atom stereocenters. The van der Waals surface area contributed by atoms with E-state index in [-0.39, 0.29) is 6.04 Å². The highest BCUT2D eigenvalue weighted by Crippen LogP contribution is 2.30. The zero-order valence-electron chi connectivity index (χ0n) is 10.4. The van der Waals surface area contributed by atoms with Crippen LogP contribution in [-0.2, 0) is 6.42 Å². The third kappa shape index (κ3) is 4.11. The number of rotatable bonds is 5. The summed E-state index contributed by atoms with van der Waals surface area (Å²) in [6, 6.07) is 9.98. The lowest BCUT2D eigenvalue weighted by Gasteiger charge is -2.18. The van der Waals surface area contributed by atoms with E-state index < -0.39 is 0 Å². The van der Waals surface area contributed by atoms with E-state index in [1.54, 1.807) is 11.3 Å². The quantitative estimate of drug-likeness (QED) is 0.750. The van der Waals surface area contributed by atoms with Crippen LogP contribution in [0.1, 0.15) is 23.4 Å².